The first-order valence-electron chi connectivity index (χ1n) is 6.57. The first-order valence-corrected chi connectivity index (χ1v) is 8.34. The molecule has 2 rings (SSSR count). The summed E-state index contributed by atoms with van der Waals surface area (Å²) in [6, 6.07) is 15.2. The van der Waals surface area contributed by atoms with Gasteiger partial charge in [-0.25, -0.2) is 4.39 Å². The number of thioether (sulfide) groups is 1. The molecule has 0 bridgehead atoms. The molecule has 0 heterocycles. The Kier molecular flexibility index (Phi) is 6.07. The van der Waals surface area contributed by atoms with Crippen molar-refractivity contribution >= 4 is 27.7 Å². The quantitative estimate of drug-likeness (QED) is 0.730. The van der Waals surface area contributed by atoms with Crippen LogP contribution < -0.4 is 5.32 Å². The van der Waals surface area contributed by atoms with E-state index in [-0.39, 0.29) is 11.9 Å². The lowest BCUT2D eigenvalue weighted by atomic mass is 10.1. The highest BCUT2D eigenvalue weighted by atomic mass is 79.9. The highest BCUT2D eigenvalue weighted by Crippen LogP contribution is 2.27. The van der Waals surface area contributed by atoms with Gasteiger partial charge in [-0.3, -0.25) is 0 Å². The second-order valence-corrected chi connectivity index (χ2v) is 6.41. The summed E-state index contributed by atoms with van der Waals surface area (Å²) in [6.45, 7) is 2.86. The van der Waals surface area contributed by atoms with Crippen molar-refractivity contribution in [3.05, 3.63) is 64.4 Å². The number of benzene rings is 2. The minimum Gasteiger partial charge on any atom is -0.309 e. The highest BCUT2D eigenvalue weighted by Gasteiger charge is 2.14. The molecule has 1 N–H and O–H groups in total. The normalized spacial score (nSPS) is 12.3. The molecule has 2 aromatic rings. The molecule has 0 radical (unpaired) electrons. The van der Waals surface area contributed by atoms with Crippen LogP contribution in [0.25, 0.3) is 0 Å². The van der Waals surface area contributed by atoms with Gasteiger partial charge in [0.2, 0.25) is 0 Å². The summed E-state index contributed by atoms with van der Waals surface area (Å²) in [7, 11) is 0. The van der Waals surface area contributed by atoms with E-state index in [1.807, 2.05) is 31.2 Å². The zero-order chi connectivity index (χ0) is 14.4. The molecule has 0 saturated heterocycles. The van der Waals surface area contributed by atoms with E-state index in [1.165, 1.54) is 11.0 Å². The third kappa shape index (κ3) is 4.33. The second-order valence-electron chi connectivity index (χ2n) is 4.40. The number of nitrogens with one attached hydrogen (secondary N) is 1. The van der Waals surface area contributed by atoms with Crippen LogP contribution in [0.1, 0.15) is 18.5 Å². The zero-order valence-electron chi connectivity index (χ0n) is 11.3. The van der Waals surface area contributed by atoms with Gasteiger partial charge in [-0.15, -0.1) is 11.8 Å². The van der Waals surface area contributed by atoms with Crippen molar-refractivity contribution in [2.24, 2.45) is 0 Å². The Balaban J connectivity index is 2.06. The van der Waals surface area contributed by atoms with Crippen molar-refractivity contribution in [1.82, 2.24) is 5.32 Å². The first-order chi connectivity index (χ1) is 9.70. The molecule has 0 aliphatic carbocycles. The maximum Gasteiger partial charge on any atom is 0.128 e. The Morgan fingerprint density at radius 1 is 1.15 bits per heavy atom. The van der Waals surface area contributed by atoms with Gasteiger partial charge in [0, 0.05) is 26.7 Å². The summed E-state index contributed by atoms with van der Waals surface area (Å²) < 4.78 is 15.0. The molecule has 0 aliphatic heterocycles. The van der Waals surface area contributed by atoms with Crippen LogP contribution in [-0.4, -0.2) is 12.3 Å². The average molecular weight is 354 g/mol. The van der Waals surface area contributed by atoms with Crippen LogP contribution in [-0.2, 0) is 0 Å². The summed E-state index contributed by atoms with van der Waals surface area (Å²) in [4.78, 5) is 1.19. The predicted molar refractivity (Wildman–Crippen MR) is 87.7 cm³/mol. The van der Waals surface area contributed by atoms with Crippen molar-refractivity contribution in [1.29, 1.82) is 0 Å². The number of rotatable bonds is 6. The van der Waals surface area contributed by atoms with Crippen molar-refractivity contribution in [3.8, 4) is 0 Å². The molecule has 0 fully saturated rings. The smallest absolute Gasteiger partial charge is 0.128 e. The van der Waals surface area contributed by atoms with Gasteiger partial charge in [-0.05, 0) is 36.9 Å². The fourth-order valence-corrected chi connectivity index (χ4v) is 3.22. The summed E-state index contributed by atoms with van der Waals surface area (Å²) in [5, 5.41) is 3.35. The Hall–Kier alpha value is -0.840. The highest BCUT2D eigenvalue weighted by molar-refractivity contribution is 9.10. The Labute approximate surface area is 132 Å². The molecular weight excluding hydrogens is 337 g/mol. The van der Waals surface area contributed by atoms with Gasteiger partial charge < -0.3 is 5.32 Å². The zero-order valence-corrected chi connectivity index (χ0v) is 13.7. The monoisotopic (exact) mass is 353 g/mol. The van der Waals surface area contributed by atoms with Gasteiger partial charge in [0.15, 0.2) is 0 Å². The predicted octanol–water partition coefficient (Wildman–Crippen LogP) is 5.03. The van der Waals surface area contributed by atoms with Crippen LogP contribution in [0.3, 0.4) is 0 Å². The molecule has 0 saturated carbocycles. The maximum atomic E-state index is 13.9. The molecule has 4 heteroatoms. The van der Waals surface area contributed by atoms with Crippen molar-refractivity contribution in [2.45, 2.75) is 17.9 Å². The van der Waals surface area contributed by atoms with Crippen LogP contribution in [0.15, 0.2) is 57.9 Å². The molecular formula is C16H17BrFNS. The maximum absolute atomic E-state index is 13.9. The van der Waals surface area contributed by atoms with Crippen LogP contribution in [0.4, 0.5) is 4.39 Å². The van der Waals surface area contributed by atoms with Crippen LogP contribution in [0.2, 0.25) is 0 Å². The molecule has 0 aliphatic rings. The van der Waals surface area contributed by atoms with E-state index >= 15 is 0 Å². The van der Waals surface area contributed by atoms with E-state index in [2.05, 4.69) is 33.4 Å². The van der Waals surface area contributed by atoms with Crippen molar-refractivity contribution in [3.63, 3.8) is 0 Å². The fraction of sp³-hybridized carbons (Fsp3) is 0.250. The molecule has 0 amide bonds. The third-order valence-corrected chi connectivity index (χ3v) is 4.60. The summed E-state index contributed by atoms with van der Waals surface area (Å²) in [5.41, 5.74) is 0.735. The molecule has 0 aromatic heterocycles. The average Bonchev–Trinajstić information content (AvgIpc) is 2.46. The van der Waals surface area contributed by atoms with Gasteiger partial charge in [-0.1, -0.05) is 41.1 Å². The third-order valence-electron chi connectivity index (χ3n) is 2.96. The van der Waals surface area contributed by atoms with Crippen molar-refractivity contribution in [2.75, 3.05) is 12.3 Å². The van der Waals surface area contributed by atoms with E-state index in [4.69, 9.17) is 0 Å². The van der Waals surface area contributed by atoms with Gasteiger partial charge in [0.25, 0.3) is 0 Å². The van der Waals surface area contributed by atoms with E-state index in [0.717, 1.165) is 22.3 Å². The molecule has 106 valence electrons. The molecule has 1 unspecified atom stereocenters. The summed E-state index contributed by atoms with van der Waals surface area (Å²) >= 11 is 5.16. The number of halogens is 2. The lowest BCUT2D eigenvalue weighted by Gasteiger charge is -2.18. The molecule has 20 heavy (non-hydrogen) atoms. The number of hydrogen-bond donors (Lipinski definition) is 1. The van der Waals surface area contributed by atoms with Crippen molar-refractivity contribution < 1.29 is 4.39 Å². The fourth-order valence-electron chi connectivity index (χ4n) is 1.97. The number of hydrogen-bond acceptors (Lipinski definition) is 2. The van der Waals surface area contributed by atoms with E-state index in [9.17, 15) is 4.39 Å². The minimum absolute atomic E-state index is 0.0230. The van der Waals surface area contributed by atoms with E-state index < -0.39 is 0 Å². The topological polar surface area (TPSA) is 12.0 Å². The van der Waals surface area contributed by atoms with Gasteiger partial charge in [0.1, 0.15) is 5.82 Å². The van der Waals surface area contributed by atoms with Gasteiger partial charge in [-0.2, -0.15) is 0 Å². The summed E-state index contributed by atoms with van der Waals surface area (Å²) in [6.07, 6.45) is 0. The van der Waals surface area contributed by atoms with Crippen LogP contribution in [0.5, 0.6) is 0 Å². The Morgan fingerprint density at radius 2 is 1.85 bits per heavy atom. The van der Waals surface area contributed by atoms with Gasteiger partial charge >= 0.3 is 0 Å². The minimum atomic E-state index is -0.144. The molecule has 1 atom stereocenters. The Morgan fingerprint density at radius 3 is 2.50 bits per heavy atom. The van der Waals surface area contributed by atoms with Gasteiger partial charge in [0.05, 0.1) is 0 Å². The largest absolute Gasteiger partial charge is 0.309 e. The SMILES string of the molecule is CCNC(CSc1ccc(Br)cc1)c1ccccc1F. The van der Waals surface area contributed by atoms with Crippen LogP contribution >= 0.6 is 27.7 Å². The van der Waals surface area contributed by atoms with Crippen LogP contribution in [0, 0.1) is 5.82 Å². The molecule has 1 nitrogen and oxygen atoms in total. The lowest BCUT2D eigenvalue weighted by molar-refractivity contribution is 0.545. The second kappa shape index (κ2) is 7.81. The lowest BCUT2D eigenvalue weighted by Crippen LogP contribution is -2.23. The molecule has 0 spiro atoms. The van der Waals surface area contributed by atoms with E-state index in [0.29, 0.717) is 0 Å². The Bertz CT molecular complexity index is 544. The first kappa shape index (κ1) is 15.5. The van der Waals surface area contributed by atoms with E-state index in [1.54, 1.807) is 17.8 Å². The molecule has 2 aromatic carbocycles. The summed E-state index contributed by atoms with van der Waals surface area (Å²) in [5.74, 6) is 0.658. The standard InChI is InChI=1S/C16H17BrFNS/c1-2-19-16(14-5-3-4-6-15(14)18)11-20-13-9-7-12(17)8-10-13/h3-10,16,19H,2,11H2,1H3.